The number of hydrogen-bond acceptors (Lipinski definition) is 5. The molecule has 1 heterocycles. The van der Waals surface area contributed by atoms with Gasteiger partial charge in [-0.1, -0.05) is 72.8 Å². The number of Topliss-reactive ketones (excluding diaryl/α,β-unsaturated/α-hetero) is 1. The van der Waals surface area contributed by atoms with E-state index in [1.165, 1.54) is 16.7 Å². The smallest absolute Gasteiger partial charge is 0.251 e. The summed E-state index contributed by atoms with van der Waals surface area (Å²) < 4.78 is 0. The number of anilines is 1. The first-order chi connectivity index (χ1) is 19.0. The second kappa shape index (κ2) is 12.3. The number of carbonyl (C=O) groups is 4. The van der Waals surface area contributed by atoms with Crippen molar-refractivity contribution in [2.75, 3.05) is 18.0 Å². The first-order valence-electron chi connectivity index (χ1n) is 13.3. The van der Waals surface area contributed by atoms with E-state index in [4.69, 9.17) is 0 Å². The fraction of sp³-hybridized carbons (Fsp3) is 0.290. The third-order valence-electron chi connectivity index (χ3n) is 7.17. The van der Waals surface area contributed by atoms with Gasteiger partial charge in [-0.3, -0.25) is 19.2 Å². The van der Waals surface area contributed by atoms with Crippen LogP contribution in [0.5, 0.6) is 0 Å². The molecule has 3 aromatic rings. The molecule has 0 radical (unpaired) electrons. The molecular formula is C31H31N3O4S. The van der Waals surface area contributed by atoms with Crippen LogP contribution in [0.1, 0.15) is 35.6 Å². The number of thioether (sulfide) groups is 1. The van der Waals surface area contributed by atoms with E-state index in [-0.39, 0.29) is 24.1 Å². The Morgan fingerprint density at radius 1 is 0.897 bits per heavy atom. The zero-order valence-corrected chi connectivity index (χ0v) is 22.4. The lowest BCUT2D eigenvalue weighted by Gasteiger charge is -2.29. The van der Waals surface area contributed by atoms with Crippen molar-refractivity contribution in [2.45, 2.75) is 41.9 Å². The van der Waals surface area contributed by atoms with Gasteiger partial charge in [-0.2, -0.15) is 0 Å². The largest absolute Gasteiger partial charge is 0.354 e. The van der Waals surface area contributed by atoms with Crippen molar-refractivity contribution in [3.05, 3.63) is 96.1 Å². The van der Waals surface area contributed by atoms with E-state index < -0.39 is 23.1 Å². The molecule has 1 aliphatic heterocycles. The highest BCUT2D eigenvalue weighted by Gasteiger charge is 2.42. The average Bonchev–Trinajstić information content (AvgIpc) is 3.36. The number of hydrogen-bond donors (Lipinski definition) is 2. The zero-order valence-electron chi connectivity index (χ0n) is 21.5. The van der Waals surface area contributed by atoms with Crippen molar-refractivity contribution < 1.29 is 19.2 Å². The van der Waals surface area contributed by atoms with E-state index in [1.54, 1.807) is 0 Å². The molecule has 0 saturated heterocycles. The molecule has 0 bridgehead atoms. The normalized spacial score (nSPS) is 20.7. The molecule has 3 amide bonds. The SMILES string of the molecule is O=C(CN1C(=O)[C@H](NC(=O)C2CCCC2=O)[C@@H](c2ccccc2)Sc2ccccc21)NCCc1ccccc1. The Kier molecular flexibility index (Phi) is 8.42. The highest BCUT2D eigenvalue weighted by atomic mass is 32.2. The number of carbonyl (C=O) groups excluding carboxylic acids is 4. The molecule has 0 spiro atoms. The third-order valence-corrected chi connectivity index (χ3v) is 8.57. The number of benzene rings is 3. The summed E-state index contributed by atoms with van der Waals surface area (Å²) in [4.78, 5) is 55.1. The van der Waals surface area contributed by atoms with Crippen LogP contribution >= 0.6 is 11.8 Å². The van der Waals surface area contributed by atoms with Crippen LogP contribution in [0.3, 0.4) is 0 Å². The molecular weight excluding hydrogens is 510 g/mol. The minimum Gasteiger partial charge on any atom is -0.354 e. The number of nitrogens with zero attached hydrogens (tertiary/aromatic N) is 1. The lowest BCUT2D eigenvalue weighted by molar-refractivity contribution is -0.135. The molecule has 1 fully saturated rings. The van der Waals surface area contributed by atoms with Gasteiger partial charge in [0.15, 0.2) is 0 Å². The van der Waals surface area contributed by atoms with Crippen LogP contribution in [0.4, 0.5) is 5.69 Å². The molecule has 0 aromatic heterocycles. The predicted molar refractivity (Wildman–Crippen MR) is 151 cm³/mol. The van der Waals surface area contributed by atoms with Crippen LogP contribution in [0.15, 0.2) is 89.8 Å². The summed E-state index contributed by atoms with van der Waals surface area (Å²) >= 11 is 1.48. The predicted octanol–water partition coefficient (Wildman–Crippen LogP) is 4.08. The van der Waals surface area contributed by atoms with E-state index in [0.717, 1.165) is 16.0 Å². The van der Waals surface area contributed by atoms with Gasteiger partial charge >= 0.3 is 0 Å². The van der Waals surface area contributed by atoms with Gasteiger partial charge in [0.25, 0.3) is 5.91 Å². The Morgan fingerprint density at radius 3 is 2.31 bits per heavy atom. The molecule has 2 aliphatic rings. The average molecular weight is 542 g/mol. The van der Waals surface area contributed by atoms with Crippen LogP contribution < -0.4 is 15.5 Å². The summed E-state index contributed by atoms with van der Waals surface area (Å²) in [5, 5.41) is 5.42. The second-order valence-corrected chi connectivity index (χ2v) is 11.0. The molecule has 200 valence electrons. The lowest BCUT2D eigenvalue weighted by atomic mass is 10.0. The van der Waals surface area contributed by atoms with Crippen molar-refractivity contribution in [1.29, 1.82) is 0 Å². The van der Waals surface area contributed by atoms with Crippen LogP contribution in [-0.4, -0.2) is 42.6 Å². The van der Waals surface area contributed by atoms with E-state index in [2.05, 4.69) is 10.6 Å². The standard InChI is InChI=1S/C31H31N3O4S/c35-25-16-9-14-23(25)30(37)33-28-29(22-12-5-2-6-13-22)39-26-17-8-7-15-24(26)34(31(28)38)20-27(36)32-19-18-21-10-3-1-4-11-21/h1-8,10-13,15,17,23,28-29H,9,14,16,18-20H2,(H,32,36)(H,33,37)/t23?,28-,29-/m1/s1. The minimum absolute atomic E-state index is 0.0876. The monoisotopic (exact) mass is 541 g/mol. The van der Waals surface area contributed by atoms with E-state index in [1.807, 2.05) is 84.9 Å². The summed E-state index contributed by atoms with van der Waals surface area (Å²) in [6.45, 7) is 0.263. The molecule has 5 rings (SSSR count). The van der Waals surface area contributed by atoms with Gasteiger partial charge in [-0.15, -0.1) is 11.8 Å². The summed E-state index contributed by atoms with van der Waals surface area (Å²) in [5.74, 6) is -1.91. The number of fused-ring (bicyclic) bond motifs is 1. The van der Waals surface area contributed by atoms with Gasteiger partial charge < -0.3 is 15.5 Å². The van der Waals surface area contributed by atoms with Gasteiger partial charge in [0.05, 0.1) is 16.9 Å². The van der Waals surface area contributed by atoms with E-state index in [9.17, 15) is 19.2 Å². The molecule has 3 atom stereocenters. The van der Waals surface area contributed by atoms with Gasteiger partial charge in [0, 0.05) is 17.9 Å². The highest BCUT2D eigenvalue weighted by Crippen LogP contribution is 2.45. The maximum Gasteiger partial charge on any atom is 0.251 e. The van der Waals surface area contributed by atoms with Gasteiger partial charge in [-0.25, -0.2) is 0 Å². The molecule has 3 aromatic carbocycles. The van der Waals surface area contributed by atoms with Gasteiger partial charge in [0.1, 0.15) is 18.4 Å². The van der Waals surface area contributed by atoms with Gasteiger partial charge in [-0.05, 0) is 42.5 Å². The quantitative estimate of drug-likeness (QED) is 0.419. The summed E-state index contributed by atoms with van der Waals surface area (Å²) in [6, 6.07) is 25.9. The number of ketones is 1. The van der Waals surface area contributed by atoms with Crippen LogP contribution in [0.2, 0.25) is 0 Å². The molecule has 1 unspecified atom stereocenters. The van der Waals surface area contributed by atoms with Crippen LogP contribution in [0, 0.1) is 5.92 Å². The third kappa shape index (κ3) is 6.23. The summed E-state index contributed by atoms with van der Waals surface area (Å²) in [5.41, 5.74) is 2.61. The Balaban J connectivity index is 1.41. The van der Waals surface area contributed by atoms with Crippen LogP contribution in [0.25, 0.3) is 0 Å². The van der Waals surface area contributed by atoms with Crippen molar-refractivity contribution in [3.8, 4) is 0 Å². The number of para-hydroxylation sites is 1. The van der Waals surface area contributed by atoms with E-state index >= 15 is 0 Å². The number of rotatable bonds is 8. The maximum atomic E-state index is 14.2. The first-order valence-corrected chi connectivity index (χ1v) is 14.1. The summed E-state index contributed by atoms with van der Waals surface area (Å²) in [6.07, 6.45) is 2.22. The Bertz CT molecular complexity index is 1350. The Labute approximate surface area is 232 Å². The molecule has 8 heteroatoms. The topological polar surface area (TPSA) is 95.6 Å². The van der Waals surface area contributed by atoms with Crippen LogP contribution in [-0.2, 0) is 25.6 Å². The minimum atomic E-state index is -0.956. The summed E-state index contributed by atoms with van der Waals surface area (Å²) in [7, 11) is 0. The lowest BCUT2D eigenvalue weighted by Crippen LogP contribution is -2.53. The van der Waals surface area contributed by atoms with Crippen molar-refractivity contribution in [2.24, 2.45) is 5.92 Å². The molecule has 7 nitrogen and oxygen atoms in total. The fourth-order valence-corrected chi connectivity index (χ4v) is 6.49. The Hall–Kier alpha value is -3.91. The number of amides is 3. The second-order valence-electron chi connectivity index (χ2n) is 9.82. The van der Waals surface area contributed by atoms with Crippen molar-refractivity contribution >= 4 is 41.0 Å². The molecule has 1 aliphatic carbocycles. The first kappa shape index (κ1) is 26.7. The molecule has 2 N–H and O–H groups in total. The maximum absolute atomic E-state index is 14.2. The van der Waals surface area contributed by atoms with Crippen molar-refractivity contribution in [1.82, 2.24) is 10.6 Å². The zero-order chi connectivity index (χ0) is 27.2. The van der Waals surface area contributed by atoms with Gasteiger partial charge in [0.2, 0.25) is 11.8 Å². The van der Waals surface area contributed by atoms with Crippen molar-refractivity contribution in [3.63, 3.8) is 0 Å². The number of nitrogens with one attached hydrogen (secondary N) is 2. The molecule has 39 heavy (non-hydrogen) atoms. The molecule has 1 saturated carbocycles. The highest BCUT2D eigenvalue weighted by molar-refractivity contribution is 7.99. The van der Waals surface area contributed by atoms with E-state index in [0.29, 0.717) is 37.9 Å². The fourth-order valence-electron chi connectivity index (χ4n) is 5.14. The Morgan fingerprint density at radius 2 is 1.59 bits per heavy atom.